The van der Waals surface area contributed by atoms with Crippen LogP contribution in [0.1, 0.15) is 22.3 Å². The number of aryl methyl sites for hydroxylation is 1. The van der Waals surface area contributed by atoms with E-state index in [1.165, 1.54) is 19.4 Å². The highest BCUT2D eigenvalue weighted by atomic mass is 32.2. The standard InChI is InChI=1S/C24H21F3N2O5S/c1-16-6-11-22(34-35(31,32)21-9-7-19(8-10-21)24(25,26)27)18(12-16)15-28-29-23(30)14-17-4-3-5-20(13-17)33-2/h3-13,15H,14H2,1-2H3,(H,29,30)/b28-15+. The molecule has 0 saturated heterocycles. The number of halogens is 3. The van der Waals surface area contributed by atoms with Gasteiger partial charge >= 0.3 is 16.3 Å². The van der Waals surface area contributed by atoms with Gasteiger partial charge in [0.1, 0.15) is 10.6 Å². The number of hydrogen-bond donors (Lipinski definition) is 1. The number of carbonyl (C=O) groups excluding carboxylic acids is 1. The minimum absolute atomic E-state index is 0.0357. The van der Waals surface area contributed by atoms with Crippen LogP contribution in [0.2, 0.25) is 0 Å². The molecule has 3 rings (SSSR count). The van der Waals surface area contributed by atoms with Crippen LogP contribution in [-0.4, -0.2) is 27.6 Å². The zero-order valence-electron chi connectivity index (χ0n) is 18.7. The molecule has 0 radical (unpaired) electrons. The molecular formula is C24H21F3N2O5S. The number of nitrogens with one attached hydrogen (secondary N) is 1. The number of amides is 1. The van der Waals surface area contributed by atoms with Crippen molar-refractivity contribution in [1.29, 1.82) is 0 Å². The van der Waals surface area contributed by atoms with E-state index < -0.39 is 32.7 Å². The number of nitrogens with zero attached hydrogens (tertiary/aromatic N) is 1. The van der Waals surface area contributed by atoms with Crippen LogP contribution < -0.4 is 14.3 Å². The van der Waals surface area contributed by atoms with Crippen LogP contribution in [0.5, 0.6) is 11.5 Å². The fourth-order valence-corrected chi connectivity index (χ4v) is 3.96. The molecule has 0 aliphatic carbocycles. The van der Waals surface area contributed by atoms with E-state index in [1.54, 1.807) is 43.3 Å². The molecule has 0 fully saturated rings. The molecule has 1 N–H and O–H groups in total. The van der Waals surface area contributed by atoms with Crippen LogP contribution in [0, 0.1) is 6.92 Å². The highest BCUT2D eigenvalue weighted by Crippen LogP contribution is 2.30. The average molecular weight is 507 g/mol. The van der Waals surface area contributed by atoms with E-state index >= 15 is 0 Å². The minimum Gasteiger partial charge on any atom is -0.497 e. The molecule has 3 aromatic rings. The Balaban J connectivity index is 1.73. The number of benzene rings is 3. The van der Waals surface area contributed by atoms with Gasteiger partial charge in [-0.1, -0.05) is 23.8 Å². The summed E-state index contributed by atoms with van der Waals surface area (Å²) >= 11 is 0. The molecule has 0 saturated carbocycles. The van der Waals surface area contributed by atoms with Crippen molar-refractivity contribution in [2.45, 2.75) is 24.4 Å². The lowest BCUT2D eigenvalue weighted by Crippen LogP contribution is -2.20. The zero-order chi connectivity index (χ0) is 25.6. The first-order valence-corrected chi connectivity index (χ1v) is 11.6. The fraction of sp³-hybridized carbons (Fsp3) is 0.167. The van der Waals surface area contributed by atoms with Gasteiger partial charge < -0.3 is 8.92 Å². The van der Waals surface area contributed by atoms with E-state index in [9.17, 15) is 26.4 Å². The van der Waals surface area contributed by atoms with Crippen LogP contribution in [0.4, 0.5) is 13.2 Å². The Kier molecular flexibility index (Phi) is 7.80. The number of ether oxygens (including phenoxy) is 1. The highest BCUT2D eigenvalue weighted by Gasteiger charge is 2.31. The number of rotatable bonds is 8. The fourth-order valence-electron chi connectivity index (χ4n) is 3.00. The van der Waals surface area contributed by atoms with Crippen LogP contribution >= 0.6 is 0 Å². The third kappa shape index (κ3) is 7.06. The molecule has 0 atom stereocenters. The van der Waals surface area contributed by atoms with E-state index in [0.717, 1.165) is 17.7 Å². The van der Waals surface area contributed by atoms with Crippen molar-refractivity contribution >= 4 is 22.2 Å². The first kappa shape index (κ1) is 25.8. The Hall–Kier alpha value is -3.86. The van der Waals surface area contributed by atoms with Crippen molar-refractivity contribution in [3.8, 4) is 11.5 Å². The van der Waals surface area contributed by atoms with Gasteiger partial charge in [0.2, 0.25) is 5.91 Å². The summed E-state index contributed by atoms with van der Waals surface area (Å²) in [5, 5.41) is 3.87. The summed E-state index contributed by atoms with van der Waals surface area (Å²) in [6, 6.07) is 14.5. The summed E-state index contributed by atoms with van der Waals surface area (Å²) in [6.45, 7) is 1.76. The van der Waals surface area contributed by atoms with Gasteiger partial charge in [-0.3, -0.25) is 4.79 Å². The van der Waals surface area contributed by atoms with Crippen LogP contribution in [0.15, 0.2) is 76.7 Å². The summed E-state index contributed by atoms with van der Waals surface area (Å²) in [5.41, 5.74) is 3.08. The Morgan fingerprint density at radius 2 is 1.77 bits per heavy atom. The van der Waals surface area contributed by atoms with Crippen LogP contribution in [-0.2, 0) is 27.5 Å². The van der Waals surface area contributed by atoms with Crippen molar-refractivity contribution < 1.29 is 35.3 Å². The van der Waals surface area contributed by atoms with Gasteiger partial charge in [0, 0.05) is 5.56 Å². The molecule has 3 aromatic carbocycles. The van der Waals surface area contributed by atoms with E-state index in [0.29, 0.717) is 23.4 Å². The summed E-state index contributed by atoms with van der Waals surface area (Å²) in [6.07, 6.45) is -3.34. The monoisotopic (exact) mass is 506 g/mol. The summed E-state index contributed by atoms with van der Waals surface area (Å²) in [4.78, 5) is 11.7. The minimum atomic E-state index is -4.60. The Labute approximate surface area is 200 Å². The van der Waals surface area contributed by atoms with Gasteiger partial charge in [-0.2, -0.15) is 26.7 Å². The second-order valence-corrected chi connectivity index (χ2v) is 8.97. The van der Waals surface area contributed by atoms with Gasteiger partial charge in [-0.25, -0.2) is 5.43 Å². The third-order valence-electron chi connectivity index (χ3n) is 4.73. The maximum Gasteiger partial charge on any atom is 0.416 e. The molecule has 0 aliphatic heterocycles. The number of hydrazone groups is 1. The summed E-state index contributed by atoms with van der Waals surface area (Å²) in [7, 11) is -2.91. The lowest BCUT2D eigenvalue weighted by Gasteiger charge is -2.11. The van der Waals surface area contributed by atoms with E-state index in [-0.39, 0.29) is 17.7 Å². The lowest BCUT2D eigenvalue weighted by molar-refractivity contribution is -0.137. The molecule has 11 heteroatoms. The second kappa shape index (κ2) is 10.6. The van der Waals surface area contributed by atoms with Gasteiger partial charge in [-0.05, 0) is 61.0 Å². The first-order chi connectivity index (χ1) is 16.5. The Morgan fingerprint density at radius 3 is 2.43 bits per heavy atom. The molecule has 0 heterocycles. The van der Waals surface area contributed by atoms with Gasteiger partial charge in [0.05, 0.1) is 25.3 Å². The van der Waals surface area contributed by atoms with Crippen molar-refractivity contribution in [1.82, 2.24) is 5.43 Å². The van der Waals surface area contributed by atoms with E-state index in [4.69, 9.17) is 8.92 Å². The maximum atomic E-state index is 12.8. The van der Waals surface area contributed by atoms with Gasteiger partial charge in [0.15, 0.2) is 5.75 Å². The highest BCUT2D eigenvalue weighted by molar-refractivity contribution is 7.87. The topological polar surface area (TPSA) is 94.1 Å². The van der Waals surface area contributed by atoms with Crippen molar-refractivity contribution in [2.75, 3.05) is 7.11 Å². The average Bonchev–Trinajstić information content (AvgIpc) is 2.80. The molecular weight excluding hydrogens is 485 g/mol. The zero-order valence-corrected chi connectivity index (χ0v) is 19.5. The van der Waals surface area contributed by atoms with Crippen LogP contribution in [0.3, 0.4) is 0 Å². The smallest absolute Gasteiger partial charge is 0.416 e. The summed E-state index contributed by atoms with van der Waals surface area (Å²) in [5.74, 6) is 0.0814. The molecule has 0 aromatic heterocycles. The predicted molar refractivity (Wildman–Crippen MR) is 123 cm³/mol. The van der Waals surface area contributed by atoms with Crippen molar-refractivity contribution in [3.63, 3.8) is 0 Å². The van der Waals surface area contributed by atoms with Gasteiger partial charge in [0.25, 0.3) is 0 Å². The van der Waals surface area contributed by atoms with E-state index in [1.807, 2.05) is 0 Å². The molecule has 0 bridgehead atoms. The van der Waals surface area contributed by atoms with Crippen LogP contribution in [0.25, 0.3) is 0 Å². The number of methoxy groups -OCH3 is 1. The molecule has 0 aliphatic rings. The second-order valence-electron chi connectivity index (χ2n) is 7.42. The molecule has 184 valence electrons. The quantitative estimate of drug-likeness (QED) is 0.276. The molecule has 0 unspecified atom stereocenters. The normalized spacial score (nSPS) is 11.9. The molecule has 1 amide bonds. The Morgan fingerprint density at radius 1 is 1.06 bits per heavy atom. The number of alkyl halides is 3. The molecule has 7 nitrogen and oxygen atoms in total. The van der Waals surface area contributed by atoms with Gasteiger partial charge in [-0.15, -0.1) is 0 Å². The van der Waals surface area contributed by atoms with Crippen molar-refractivity contribution in [2.24, 2.45) is 5.10 Å². The third-order valence-corrected chi connectivity index (χ3v) is 5.98. The maximum absolute atomic E-state index is 12.8. The SMILES string of the molecule is COc1cccc(CC(=O)N/N=C/c2cc(C)ccc2OS(=O)(=O)c2ccc(C(F)(F)F)cc2)c1. The predicted octanol–water partition coefficient (Wildman–Crippen LogP) is 4.48. The number of hydrogen-bond acceptors (Lipinski definition) is 6. The molecule has 35 heavy (non-hydrogen) atoms. The number of carbonyl (C=O) groups is 1. The van der Waals surface area contributed by atoms with E-state index in [2.05, 4.69) is 10.5 Å². The Bertz CT molecular complexity index is 1340. The summed E-state index contributed by atoms with van der Waals surface area (Å²) < 4.78 is 73.8. The molecule has 0 spiro atoms. The first-order valence-electron chi connectivity index (χ1n) is 10.2. The largest absolute Gasteiger partial charge is 0.497 e. The van der Waals surface area contributed by atoms with Crippen molar-refractivity contribution in [3.05, 3.63) is 89.0 Å². The lowest BCUT2D eigenvalue weighted by atomic mass is 10.1.